The van der Waals surface area contributed by atoms with Gasteiger partial charge in [0.2, 0.25) is 0 Å². The van der Waals surface area contributed by atoms with Crippen LogP contribution in [0.2, 0.25) is 0 Å². The van der Waals surface area contributed by atoms with Gasteiger partial charge in [-0.2, -0.15) is 5.26 Å². The monoisotopic (exact) mass is 454 g/mol. The highest BCUT2D eigenvalue weighted by atomic mass is 79.9. The molecule has 0 radical (unpaired) electrons. The third kappa shape index (κ3) is 3.65. The third-order valence-corrected chi connectivity index (χ3v) is 5.00. The summed E-state index contributed by atoms with van der Waals surface area (Å²) >= 11 is 3.32. The average molecular weight is 455 g/mol. The lowest BCUT2D eigenvalue weighted by molar-refractivity contribution is -0.138. The fraction of sp³-hybridized carbons (Fsp3) is 0.143. The SMILES string of the molecule is COC(=O)c1cc(Br)ccc1-c1ccc(/C=C2\C(=O)N(C)C(=O)C(C#N)=C2C)o1. The molecule has 0 aliphatic carbocycles. The second-order valence-corrected chi connectivity index (χ2v) is 7.14. The Morgan fingerprint density at radius 3 is 2.62 bits per heavy atom. The minimum Gasteiger partial charge on any atom is -0.465 e. The fourth-order valence-corrected chi connectivity index (χ4v) is 3.29. The first-order chi connectivity index (χ1) is 13.8. The highest BCUT2D eigenvalue weighted by Gasteiger charge is 2.33. The number of carbonyl (C=O) groups is 3. The number of hydrogen-bond donors (Lipinski definition) is 0. The quantitative estimate of drug-likeness (QED) is 0.397. The summed E-state index contributed by atoms with van der Waals surface area (Å²) in [5, 5.41) is 9.24. The van der Waals surface area contributed by atoms with Gasteiger partial charge in [0.15, 0.2) is 0 Å². The molecule has 0 bridgehead atoms. The number of nitriles is 1. The van der Waals surface area contributed by atoms with E-state index >= 15 is 0 Å². The van der Waals surface area contributed by atoms with Crippen molar-refractivity contribution in [3.63, 3.8) is 0 Å². The van der Waals surface area contributed by atoms with E-state index in [-0.39, 0.29) is 16.7 Å². The molecule has 2 amide bonds. The Kier molecular flexibility index (Phi) is 5.52. The van der Waals surface area contributed by atoms with E-state index in [9.17, 15) is 19.6 Å². The Balaban J connectivity index is 2.07. The summed E-state index contributed by atoms with van der Waals surface area (Å²) in [5.74, 6) is -0.938. The van der Waals surface area contributed by atoms with E-state index in [1.165, 1.54) is 20.2 Å². The molecule has 0 atom stereocenters. The smallest absolute Gasteiger partial charge is 0.338 e. The molecule has 1 aliphatic rings. The van der Waals surface area contributed by atoms with Crippen molar-refractivity contribution in [3.8, 4) is 17.4 Å². The zero-order chi connectivity index (χ0) is 21.3. The summed E-state index contributed by atoms with van der Waals surface area (Å²) in [5.41, 5.74) is 1.23. The maximum atomic E-state index is 12.5. The lowest BCUT2D eigenvalue weighted by atomic mass is 9.95. The summed E-state index contributed by atoms with van der Waals surface area (Å²) in [6.45, 7) is 1.54. The van der Waals surface area contributed by atoms with E-state index < -0.39 is 17.8 Å². The number of hydrogen-bond acceptors (Lipinski definition) is 6. The predicted octanol–water partition coefficient (Wildman–Crippen LogP) is 3.72. The standard InChI is InChI=1S/C21H15BrN2O5/c1-11-15(19(25)24(2)20(26)17(11)10-23)9-13-5-7-18(29-13)14-6-4-12(22)8-16(14)21(27)28-3/h4-9H,1-3H3/b15-9-. The average Bonchev–Trinajstić information content (AvgIpc) is 3.18. The number of halogens is 1. The molecule has 2 heterocycles. The summed E-state index contributed by atoms with van der Waals surface area (Å²) in [6, 6.07) is 10.2. The number of ether oxygens (including phenoxy) is 1. The van der Waals surface area contributed by atoms with Crippen molar-refractivity contribution >= 4 is 39.8 Å². The number of furan rings is 1. The number of esters is 1. The highest BCUT2D eigenvalue weighted by molar-refractivity contribution is 9.10. The minimum absolute atomic E-state index is 0.0917. The lowest BCUT2D eigenvalue weighted by Gasteiger charge is -2.23. The summed E-state index contributed by atoms with van der Waals surface area (Å²) < 4.78 is 11.3. The number of amides is 2. The third-order valence-electron chi connectivity index (χ3n) is 4.51. The molecular weight excluding hydrogens is 440 g/mol. The molecule has 0 saturated heterocycles. The zero-order valence-electron chi connectivity index (χ0n) is 15.8. The molecule has 8 heteroatoms. The molecule has 0 saturated carbocycles. The Labute approximate surface area is 175 Å². The van der Waals surface area contributed by atoms with E-state index in [1.807, 2.05) is 6.07 Å². The van der Waals surface area contributed by atoms with Crippen molar-refractivity contribution in [2.24, 2.45) is 0 Å². The number of rotatable bonds is 3. The van der Waals surface area contributed by atoms with Crippen LogP contribution in [0, 0.1) is 11.3 Å². The number of benzene rings is 1. The summed E-state index contributed by atoms with van der Waals surface area (Å²) in [6.07, 6.45) is 1.47. The van der Waals surface area contributed by atoms with Gasteiger partial charge in [0.05, 0.1) is 12.7 Å². The van der Waals surface area contributed by atoms with Gasteiger partial charge in [-0.15, -0.1) is 0 Å². The molecule has 2 aromatic rings. The molecule has 146 valence electrons. The number of likely N-dealkylation sites (N-methyl/N-ethyl adjacent to an activating group) is 1. The van der Waals surface area contributed by atoms with Gasteiger partial charge >= 0.3 is 5.97 Å². The molecule has 1 aromatic carbocycles. The number of methoxy groups -OCH3 is 1. The molecule has 1 aromatic heterocycles. The van der Waals surface area contributed by atoms with Crippen molar-refractivity contribution in [2.45, 2.75) is 6.92 Å². The van der Waals surface area contributed by atoms with Gasteiger partial charge in [0, 0.05) is 22.7 Å². The van der Waals surface area contributed by atoms with Crippen molar-refractivity contribution in [2.75, 3.05) is 14.2 Å². The maximum Gasteiger partial charge on any atom is 0.338 e. The Morgan fingerprint density at radius 1 is 1.24 bits per heavy atom. The molecule has 0 fully saturated rings. The van der Waals surface area contributed by atoms with Crippen molar-refractivity contribution in [1.82, 2.24) is 4.90 Å². The molecule has 7 nitrogen and oxygen atoms in total. The predicted molar refractivity (Wildman–Crippen MR) is 107 cm³/mol. The highest BCUT2D eigenvalue weighted by Crippen LogP contribution is 2.31. The van der Waals surface area contributed by atoms with Crippen LogP contribution in [0.3, 0.4) is 0 Å². The molecule has 29 heavy (non-hydrogen) atoms. The van der Waals surface area contributed by atoms with Crippen molar-refractivity contribution in [3.05, 3.63) is 62.8 Å². The van der Waals surface area contributed by atoms with Crippen LogP contribution in [0.15, 0.2) is 55.9 Å². The van der Waals surface area contributed by atoms with Crippen LogP contribution >= 0.6 is 15.9 Å². The molecule has 1 aliphatic heterocycles. The second-order valence-electron chi connectivity index (χ2n) is 6.22. The van der Waals surface area contributed by atoms with Gasteiger partial charge in [-0.25, -0.2) is 4.79 Å². The first-order valence-electron chi connectivity index (χ1n) is 8.42. The largest absolute Gasteiger partial charge is 0.465 e. The molecule has 0 N–H and O–H groups in total. The van der Waals surface area contributed by atoms with Crippen molar-refractivity contribution < 1.29 is 23.5 Å². The van der Waals surface area contributed by atoms with Crippen molar-refractivity contribution in [1.29, 1.82) is 5.26 Å². The van der Waals surface area contributed by atoms with Gasteiger partial charge in [-0.1, -0.05) is 15.9 Å². The topological polar surface area (TPSA) is 101 Å². The first kappa shape index (κ1) is 20.3. The molecular formula is C21H15BrN2O5. The van der Waals surface area contributed by atoms with Crippen LogP contribution < -0.4 is 0 Å². The van der Waals surface area contributed by atoms with E-state index in [4.69, 9.17) is 9.15 Å². The lowest BCUT2D eigenvalue weighted by Crippen LogP contribution is -2.39. The fourth-order valence-electron chi connectivity index (χ4n) is 2.93. The molecule has 0 spiro atoms. The zero-order valence-corrected chi connectivity index (χ0v) is 17.4. The molecule has 3 rings (SSSR count). The van der Waals surface area contributed by atoms with Crippen LogP contribution in [0.5, 0.6) is 0 Å². The normalized spacial score (nSPS) is 15.7. The number of imide groups is 1. The minimum atomic E-state index is -0.634. The van der Waals surface area contributed by atoms with Crippen LogP contribution in [0.1, 0.15) is 23.0 Å². The Hall–Kier alpha value is -3.44. The van der Waals surface area contributed by atoms with Gasteiger partial charge < -0.3 is 9.15 Å². The summed E-state index contributed by atoms with van der Waals surface area (Å²) in [4.78, 5) is 37.5. The maximum absolute atomic E-state index is 12.5. The number of carbonyl (C=O) groups excluding carboxylic acids is 3. The van der Waals surface area contributed by atoms with Gasteiger partial charge in [0.1, 0.15) is 23.2 Å². The number of nitrogens with zero attached hydrogens (tertiary/aromatic N) is 2. The van der Waals surface area contributed by atoms with Gasteiger partial charge in [-0.3, -0.25) is 14.5 Å². The van der Waals surface area contributed by atoms with E-state index in [0.29, 0.717) is 27.1 Å². The van der Waals surface area contributed by atoms with E-state index in [2.05, 4.69) is 15.9 Å². The summed E-state index contributed by atoms with van der Waals surface area (Å²) in [7, 11) is 2.61. The molecule has 0 unspecified atom stereocenters. The second kappa shape index (κ2) is 7.89. The Bertz CT molecular complexity index is 1150. The van der Waals surface area contributed by atoms with Gasteiger partial charge in [-0.05, 0) is 48.9 Å². The van der Waals surface area contributed by atoms with Crippen LogP contribution in [0.4, 0.5) is 0 Å². The van der Waals surface area contributed by atoms with E-state index in [0.717, 1.165) is 4.90 Å². The van der Waals surface area contributed by atoms with Crippen LogP contribution in [-0.4, -0.2) is 36.8 Å². The Morgan fingerprint density at radius 2 is 1.97 bits per heavy atom. The van der Waals surface area contributed by atoms with Crippen LogP contribution in [0.25, 0.3) is 17.4 Å². The van der Waals surface area contributed by atoms with Crippen LogP contribution in [-0.2, 0) is 14.3 Å². The first-order valence-corrected chi connectivity index (χ1v) is 9.21. The van der Waals surface area contributed by atoms with Gasteiger partial charge in [0.25, 0.3) is 11.8 Å². The van der Waals surface area contributed by atoms with E-state index in [1.54, 1.807) is 37.3 Å².